The second-order valence-corrected chi connectivity index (χ2v) is 9.50. The molecular formula is C22H40IN5S. The van der Waals surface area contributed by atoms with E-state index in [9.17, 15) is 0 Å². The molecule has 2 aliphatic heterocycles. The van der Waals surface area contributed by atoms with Gasteiger partial charge in [0.15, 0.2) is 5.96 Å². The van der Waals surface area contributed by atoms with Crippen LogP contribution in [0.5, 0.6) is 0 Å². The lowest BCUT2D eigenvalue weighted by molar-refractivity contribution is 0.128. The topological polar surface area (TPSA) is 42.9 Å². The molecule has 1 aromatic rings. The summed E-state index contributed by atoms with van der Waals surface area (Å²) in [6, 6.07) is 4.98. The Morgan fingerprint density at radius 2 is 1.97 bits per heavy atom. The van der Waals surface area contributed by atoms with Gasteiger partial charge in [0.2, 0.25) is 0 Å². The van der Waals surface area contributed by atoms with Crippen LogP contribution in [-0.2, 0) is 0 Å². The summed E-state index contributed by atoms with van der Waals surface area (Å²) in [6.45, 7) is 8.68. The Hall–Kier alpha value is -0.380. The third-order valence-corrected chi connectivity index (χ3v) is 7.30. The molecule has 0 radical (unpaired) electrons. The van der Waals surface area contributed by atoms with Gasteiger partial charge in [0.25, 0.3) is 0 Å². The van der Waals surface area contributed by atoms with Crippen LogP contribution in [0, 0.1) is 11.8 Å². The van der Waals surface area contributed by atoms with Gasteiger partial charge in [-0.15, -0.1) is 35.3 Å². The van der Waals surface area contributed by atoms with Crippen molar-refractivity contribution < 1.29 is 0 Å². The van der Waals surface area contributed by atoms with E-state index < -0.39 is 0 Å². The van der Waals surface area contributed by atoms with Crippen molar-refractivity contribution in [1.82, 2.24) is 20.4 Å². The Kier molecular flexibility index (Phi) is 11.3. The van der Waals surface area contributed by atoms with Crippen molar-refractivity contribution >= 4 is 41.3 Å². The van der Waals surface area contributed by atoms with Crippen molar-refractivity contribution in [3.05, 3.63) is 22.4 Å². The molecular weight excluding hydrogens is 493 g/mol. The molecule has 1 aromatic heterocycles. The predicted molar refractivity (Wildman–Crippen MR) is 137 cm³/mol. The summed E-state index contributed by atoms with van der Waals surface area (Å²) in [7, 11) is 4.50. The molecule has 0 aliphatic carbocycles. The molecule has 5 nitrogen and oxygen atoms in total. The molecule has 0 aromatic carbocycles. The van der Waals surface area contributed by atoms with Crippen LogP contribution in [0.4, 0.5) is 0 Å². The van der Waals surface area contributed by atoms with Crippen LogP contribution in [0.15, 0.2) is 22.5 Å². The fourth-order valence-electron chi connectivity index (χ4n) is 4.66. The van der Waals surface area contributed by atoms with Gasteiger partial charge in [0.05, 0.1) is 0 Å². The molecule has 2 saturated heterocycles. The number of rotatable bonds is 7. The molecule has 2 unspecified atom stereocenters. The zero-order chi connectivity index (χ0) is 19.8. The van der Waals surface area contributed by atoms with Crippen molar-refractivity contribution in [2.45, 2.75) is 45.1 Å². The summed E-state index contributed by atoms with van der Waals surface area (Å²) in [4.78, 5) is 11.4. The molecule has 0 saturated carbocycles. The standard InChI is InChI=1S/C22H39N5S.HI/c1-4-23-22(24-12-9-18-10-14-26(2)15-11-18)25-17-19-7-5-13-27(3)21(19)20-8-6-16-28-20;/h6,8,16,18-19,21H,4-5,7,9-15,17H2,1-3H3,(H2,23,24,25);1H. The Morgan fingerprint density at radius 3 is 2.66 bits per heavy atom. The maximum Gasteiger partial charge on any atom is 0.191 e. The van der Waals surface area contributed by atoms with Crippen LogP contribution < -0.4 is 10.6 Å². The average Bonchev–Trinajstić information content (AvgIpc) is 3.22. The van der Waals surface area contributed by atoms with Gasteiger partial charge in [0.1, 0.15) is 0 Å². The third-order valence-electron chi connectivity index (χ3n) is 6.35. The summed E-state index contributed by atoms with van der Waals surface area (Å²) >= 11 is 1.89. The number of piperidine rings is 2. The molecule has 2 N–H and O–H groups in total. The normalized spacial score (nSPS) is 24.9. The van der Waals surface area contributed by atoms with Crippen molar-refractivity contribution in [2.24, 2.45) is 16.8 Å². The predicted octanol–water partition coefficient (Wildman–Crippen LogP) is 4.04. The molecule has 2 aliphatic rings. The van der Waals surface area contributed by atoms with Crippen LogP contribution in [0.25, 0.3) is 0 Å². The van der Waals surface area contributed by atoms with Crippen LogP contribution in [-0.4, -0.2) is 69.1 Å². The fraction of sp³-hybridized carbons (Fsp3) is 0.773. The van der Waals surface area contributed by atoms with Crippen molar-refractivity contribution in [2.75, 3.05) is 53.4 Å². The van der Waals surface area contributed by atoms with E-state index in [1.165, 1.54) is 56.6 Å². The van der Waals surface area contributed by atoms with Gasteiger partial charge in [-0.05, 0) is 96.0 Å². The highest BCUT2D eigenvalue weighted by Crippen LogP contribution is 2.37. The number of hydrogen-bond acceptors (Lipinski definition) is 4. The number of nitrogens with zero attached hydrogens (tertiary/aromatic N) is 3. The van der Waals surface area contributed by atoms with Crippen LogP contribution >= 0.6 is 35.3 Å². The Labute approximate surface area is 198 Å². The van der Waals surface area contributed by atoms with E-state index in [1.807, 2.05) is 11.3 Å². The molecule has 3 heterocycles. The Bertz CT molecular complexity index is 586. The molecule has 0 bridgehead atoms. The van der Waals surface area contributed by atoms with Gasteiger partial charge in [-0.3, -0.25) is 9.89 Å². The molecule has 0 amide bonds. The largest absolute Gasteiger partial charge is 0.357 e. The van der Waals surface area contributed by atoms with Crippen LogP contribution in [0.1, 0.15) is 49.9 Å². The number of aliphatic imine (C=N–C) groups is 1. The van der Waals surface area contributed by atoms with E-state index in [0.29, 0.717) is 12.0 Å². The van der Waals surface area contributed by atoms with Gasteiger partial charge in [-0.1, -0.05) is 6.07 Å². The SMILES string of the molecule is CCNC(=NCC1CCCN(C)C1c1cccs1)NCCC1CCN(C)CC1.I. The molecule has 0 spiro atoms. The zero-order valence-electron chi connectivity index (χ0n) is 18.4. The first-order chi connectivity index (χ1) is 13.7. The highest BCUT2D eigenvalue weighted by atomic mass is 127. The number of nitrogens with one attached hydrogen (secondary N) is 2. The van der Waals surface area contributed by atoms with Crippen molar-refractivity contribution in [3.8, 4) is 0 Å². The monoisotopic (exact) mass is 533 g/mol. The van der Waals surface area contributed by atoms with Gasteiger partial charge in [-0.2, -0.15) is 0 Å². The van der Waals surface area contributed by atoms with E-state index in [2.05, 4.69) is 59.0 Å². The van der Waals surface area contributed by atoms with Crippen molar-refractivity contribution in [1.29, 1.82) is 0 Å². The van der Waals surface area contributed by atoms with Gasteiger partial charge in [-0.25, -0.2) is 0 Å². The molecule has 2 atom stereocenters. The van der Waals surface area contributed by atoms with Crippen LogP contribution in [0.3, 0.4) is 0 Å². The minimum atomic E-state index is 0. The molecule has 7 heteroatoms. The highest BCUT2D eigenvalue weighted by molar-refractivity contribution is 14.0. The summed E-state index contributed by atoms with van der Waals surface area (Å²) in [5.41, 5.74) is 0. The van der Waals surface area contributed by atoms with E-state index in [-0.39, 0.29) is 24.0 Å². The molecule has 29 heavy (non-hydrogen) atoms. The first-order valence-electron chi connectivity index (χ1n) is 11.1. The number of halogens is 1. The van der Waals surface area contributed by atoms with E-state index >= 15 is 0 Å². The smallest absolute Gasteiger partial charge is 0.191 e. The summed E-state index contributed by atoms with van der Waals surface area (Å²) < 4.78 is 0. The minimum Gasteiger partial charge on any atom is -0.357 e. The number of guanidine groups is 1. The summed E-state index contributed by atoms with van der Waals surface area (Å²) in [6.07, 6.45) is 6.47. The quantitative estimate of drug-likeness (QED) is 0.316. The molecule has 3 rings (SSSR count). The minimum absolute atomic E-state index is 0. The van der Waals surface area contributed by atoms with E-state index in [4.69, 9.17) is 4.99 Å². The maximum absolute atomic E-state index is 4.99. The first-order valence-corrected chi connectivity index (χ1v) is 12.0. The van der Waals surface area contributed by atoms with E-state index in [1.54, 1.807) is 0 Å². The first kappa shape index (κ1) is 24.9. The summed E-state index contributed by atoms with van der Waals surface area (Å²) in [5, 5.41) is 9.24. The average molecular weight is 534 g/mol. The second-order valence-electron chi connectivity index (χ2n) is 8.52. The summed E-state index contributed by atoms with van der Waals surface area (Å²) in [5.74, 6) is 2.46. The van der Waals surface area contributed by atoms with Gasteiger partial charge in [0, 0.05) is 30.6 Å². The molecule has 166 valence electrons. The lowest BCUT2D eigenvalue weighted by Gasteiger charge is -2.38. The molecule has 2 fully saturated rings. The number of likely N-dealkylation sites (tertiary alicyclic amines) is 2. The van der Waals surface area contributed by atoms with Gasteiger partial charge < -0.3 is 15.5 Å². The second kappa shape index (κ2) is 13.1. The maximum atomic E-state index is 4.99. The van der Waals surface area contributed by atoms with Crippen LogP contribution in [0.2, 0.25) is 0 Å². The lowest BCUT2D eigenvalue weighted by Crippen LogP contribution is -2.41. The number of hydrogen-bond donors (Lipinski definition) is 2. The van der Waals surface area contributed by atoms with Crippen molar-refractivity contribution in [3.63, 3.8) is 0 Å². The lowest BCUT2D eigenvalue weighted by atomic mass is 9.88. The van der Waals surface area contributed by atoms with Gasteiger partial charge >= 0.3 is 0 Å². The Morgan fingerprint density at radius 1 is 1.17 bits per heavy atom. The number of thiophene rings is 1. The fourth-order valence-corrected chi connectivity index (χ4v) is 5.64. The highest BCUT2D eigenvalue weighted by Gasteiger charge is 2.31. The third kappa shape index (κ3) is 7.67. The van der Waals surface area contributed by atoms with E-state index in [0.717, 1.165) is 31.5 Å². The zero-order valence-corrected chi connectivity index (χ0v) is 21.5. The Balaban J connectivity index is 0.00000300.